The zero-order chi connectivity index (χ0) is 13.2. The minimum absolute atomic E-state index is 0.179. The molecule has 0 saturated carbocycles. The van der Waals surface area contributed by atoms with Crippen molar-refractivity contribution in [3.05, 3.63) is 23.6 Å². The molecule has 0 aliphatic heterocycles. The molecule has 1 atom stereocenters. The van der Waals surface area contributed by atoms with Gasteiger partial charge in [-0.2, -0.15) is 0 Å². The predicted molar refractivity (Wildman–Crippen MR) is 68.7 cm³/mol. The highest BCUT2D eigenvalue weighted by Gasteiger charge is 2.27. The highest BCUT2D eigenvalue weighted by molar-refractivity contribution is 7.91. The number of anilines is 1. The minimum Gasteiger partial charge on any atom is -0.591 e. The van der Waals surface area contributed by atoms with E-state index in [1.54, 1.807) is 6.92 Å². The molecular formula is C11H16FN3OS. The standard InChI is InChI=1S/C11H16FN3OS/c1-7(15-17(16)11(2,3)4)9-5-8(12)6-14-10(9)13/h5-6H,1-4H3,(H2,13,14). The average Bonchev–Trinajstić information content (AvgIpc) is 2.20. The molecule has 2 N–H and O–H groups in total. The van der Waals surface area contributed by atoms with Gasteiger partial charge in [0.1, 0.15) is 27.7 Å². The van der Waals surface area contributed by atoms with E-state index in [2.05, 4.69) is 9.38 Å². The summed E-state index contributed by atoms with van der Waals surface area (Å²) in [7, 11) is 0. The van der Waals surface area contributed by atoms with Gasteiger partial charge in [-0.05, 0) is 33.8 Å². The largest absolute Gasteiger partial charge is 0.591 e. The van der Waals surface area contributed by atoms with Gasteiger partial charge in [0.2, 0.25) is 0 Å². The molecule has 0 aliphatic rings. The van der Waals surface area contributed by atoms with Crippen LogP contribution in [0.25, 0.3) is 0 Å². The van der Waals surface area contributed by atoms with Crippen molar-refractivity contribution in [3.8, 4) is 0 Å². The number of nitrogens with two attached hydrogens (primary N) is 1. The fourth-order valence-corrected chi connectivity index (χ4v) is 1.67. The van der Waals surface area contributed by atoms with Gasteiger partial charge in [0.05, 0.1) is 11.9 Å². The molecule has 0 saturated heterocycles. The van der Waals surface area contributed by atoms with Crippen LogP contribution in [0.1, 0.15) is 33.3 Å². The lowest BCUT2D eigenvalue weighted by atomic mass is 10.2. The predicted octanol–water partition coefficient (Wildman–Crippen LogP) is 2.07. The molecule has 1 aromatic heterocycles. The van der Waals surface area contributed by atoms with Crippen molar-refractivity contribution in [2.45, 2.75) is 32.4 Å². The first-order valence-electron chi connectivity index (χ1n) is 5.10. The lowest BCUT2D eigenvalue weighted by molar-refractivity contribution is 0.561. The molecule has 17 heavy (non-hydrogen) atoms. The van der Waals surface area contributed by atoms with Crippen molar-refractivity contribution in [1.82, 2.24) is 4.98 Å². The van der Waals surface area contributed by atoms with E-state index < -0.39 is 21.9 Å². The van der Waals surface area contributed by atoms with Crippen molar-refractivity contribution < 1.29 is 8.94 Å². The van der Waals surface area contributed by atoms with E-state index in [1.165, 1.54) is 6.07 Å². The Balaban J connectivity index is 3.08. The van der Waals surface area contributed by atoms with Gasteiger partial charge in [0, 0.05) is 5.56 Å². The summed E-state index contributed by atoms with van der Waals surface area (Å²) >= 11 is -1.40. The van der Waals surface area contributed by atoms with Crippen molar-refractivity contribution in [2.75, 3.05) is 5.73 Å². The molecule has 0 spiro atoms. The molecular weight excluding hydrogens is 241 g/mol. The van der Waals surface area contributed by atoms with Crippen LogP contribution in [0.4, 0.5) is 10.2 Å². The van der Waals surface area contributed by atoms with Gasteiger partial charge in [-0.15, -0.1) is 0 Å². The fourth-order valence-electron chi connectivity index (χ4n) is 1.05. The van der Waals surface area contributed by atoms with Gasteiger partial charge in [-0.1, -0.05) is 4.40 Å². The van der Waals surface area contributed by atoms with Gasteiger partial charge in [0.25, 0.3) is 0 Å². The van der Waals surface area contributed by atoms with Crippen LogP contribution in [0.15, 0.2) is 16.7 Å². The summed E-state index contributed by atoms with van der Waals surface area (Å²) in [5, 5.41) is 0. The molecule has 0 aliphatic carbocycles. The molecule has 0 amide bonds. The van der Waals surface area contributed by atoms with Crippen LogP contribution in [0.3, 0.4) is 0 Å². The molecule has 94 valence electrons. The highest BCUT2D eigenvalue weighted by atomic mass is 32.2. The Morgan fingerprint density at radius 2 is 2.12 bits per heavy atom. The number of hydrogen-bond donors (Lipinski definition) is 1. The maximum Gasteiger partial charge on any atom is 0.144 e. The van der Waals surface area contributed by atoms with Gasteiger partial charge in [0.15, 0.2) is 0 Å². The molecule has 4 nitrogen and oxygen atoms in total. The summed E-state index contributed by atoms with van der Waals surface area (Å²) in [6.07, 6.45) is 1.03. The average molecular weight is 257 g/mol. The monoisotopic (exact) mass is 257 g/mol. The van der Waals surface area contributed by atoms with Crippen LogP contribution in [-0.4, -0.2) is 20.0 Å². The fraction of sp³-hybridized carbons (Fsp3) is 0.455. The second-order valence-corrected chi connectivity index (χ2v) is 6.53. The second kappa shape index (κ2) is 5.01. The van der Waals surface area contributed by atoms with Crippen LogP contribution >= 0.6 is 0 Å². The maximum atomic E-state index is 13.0. The van der Waals surface area contributed by atoms with Gasteiger partial charge >= 0.3 is 0 Å². The van der Waals surface area contributed by atoms with E-state index in [0.717, 1.165) is 6.20 Å². The van der Waals surface area contributed by atoms with Crippen LogP contribution in [0.5, 0.6) is 0 Å². The molecule has 1 heterocycles. The third kappa shape index (κ3) is 3.67. The van der Waals surface area contributed by atoms with Crippen LogP contribution in [-0.2, 0) is 11.4 Å². The molecule has 0 aromatic carbocycles. The third-order valence-corrected chi connectivity index (χ3v) is 3.51. The molecule has 1 aromatic rings. The number of aromatic nitrogens is 1. The van der Waals surface area contributed by atoms with Gasteiger partial charge < -0.3 is 10.3 Å². The number of pyridine rings is 1. The van der Waals surface area contributed by atoms with E-state index in [1.807, 2.05) is 20.8 Å². The first kappa shape index (κ1) is 13.9. The first-order chi connectivity index (χ1) is 7.71. The molecule has 0 bridgehead atoms. The highest BCUT2D eigenvalue weighted by Crippen LogP contribution is 2.19. The topological polar surface area (TPSA) is 74.3 Å². The van der Waals surface area contributed by atoms with E-state index in [4.69, 9.17) is 5.73 Å². The lowest BCUT2D eigenvalue weighted by Gasteiger charge is -2.18. The van der Waals surface area contributed by atoms with Gasteiger partial charge in [-0.3, -0.25) is 0 Å². The Kier molecular flexibility index (Phi) is 4.11. The summed E-state index contributed by atoms with van der Waals surface area (Å²) in [5.74, 6) is -0.316. The lowest BCUT2D eigenvalue weighted by Crippen LogP contribution is -2.26. The van der Waals surface area contributed by atoms with Crippen molar-refractivity contribution in [2.24, 2.45) is 4.40 Å². The maximum absolute atomic E-state index is 13.0. The molecule has 6 heteroatoms. The molecule has 0 fully saturated rings. The summed E-state index contributed by atoms with van der Waals surface area (Å²) in [6.45, 7) is 7.07. The van der Waals surface area contributed by atoms with Gasteiger partial charge in [-0.25, -0.2) is 9.37 Å². The van der Waals surface area contributed by atoms with E-state index in [9.17, 15) is 8.94 Å². The zero-order valence-corrected chi connectivity index (χ0v) is 11.1. The quantitative estimate of drug-likeness (QED) is 0.651. The number of rotatable bonds is 2. The van der Waals surface area contributed by atoms with Crippen molar-refractivity contribution in [3.63, 3.8) is 0 Å². The van der Waals surface area contributed by atoms with Crippen LogP contribution in [0.2, 0.25) is 0 Å². The van der Waals surface area contributed by atoms with Crippen molar-refractivity contribution >= 4 is 22.9 Å². The molecule has 1 unspecified atom stereocenters. The number of halogens is 1. The molecule has 1 rings (SSSR count). The van der Waals surface area contributed by atoms with Crippen LogP contribution in [0, 0.1) is 5.82 Å². The number of hydrogen-bond acceptors (Lipinski definition) is 4. The Bertz CT molecular complexity index is 443. The van der Waals surface area contributed by atoms with E-state index >= 15 is 0 Å². The number of nitrogens with zero attached hydrogens (tertiary/aromatic N) is 2. The Hall–Kier alpha value is -1.14. The number of nitrogen functional groups attached to an aromatic ring is 1. The Labute approximate surface area is 103 Å². The van der Waals surface area contributed by atoms with Crippen molar-refractivity contribution in [1.29, 1.82) is 0 Å². The molecule has 0 radical (unpaired) electrons. The first-order valence-corrected chi connectivity index (χ1v) is 6.21. The minimum atomic E-state index is -1.40. The summed E-state index contributed by atoms with van der Waals surface area (Å²) in [5.41, 5.74) is 6.41. The smallest absolute Gasteiger partial charge is 0.144 e. The Morgan fingerprint density at radius 1 is 1.53 bits per heavy atom. The van der Waals surface area contributed by atoms with E-state index in [0.29, 0.717) is 11.3 Å². The third-order valence-electron chi connectivity index (χ3n) is 2.02. The second-order valence-electron chi connectivity index (χ2n) is 4.62. The Morgan fingerprint density at radius 3 is 2.65 bits per heavy atom. The van der Waals surface area contributed by atoms with E-state index in [-0.39, 0.29) is 5.82 Å². The van der Waals surface area contributed by atoms with Crippen LogP contribution < -0.4 is 5.73 Å². The summed E-state index contributed by atoms with van der Waals surface area (Å²) in [4.78, 5) is 3.69. The SMILES string of the molecule is CC(=N[S+]([O-])C(C)(C)C)c1cc(F)cnc1N. The zero-order valence-electron chi connectivity index (χ0n) is 10.3. The summed E-state index contributed by atoms with van der Waals surface area (Å²) in [6, 6.07) is 1.24. The summed E-state index contributed by atoms with van der Waals surface area (Å²) < 4.78 is 28.4. The normalized spacial score (nSPS) is 14.8.